The normalized spacial score (nSPS) is 33.8. The highest BCUT2D eigenvalue weighted by atomic mass is 16.5. The third-order valence-corrected chi connectivity index (χ3v) is 4.62. The second-order valence-electron chi connectivity index (χ2n) is 5.96. The number of hydrazine groups is 1. The molecule has 3 nitrogen and oxygen atoms in total. The van der Waals surface area contributed by atoms with Crippen LogP contribution >= 0.6 is 0 Å². The Bertz CT molecular complexity index is 223. The predicted molar refractivity (Wildman–Crippen MR) is 77.2 cm³/mol. The predicted octanol–water partition coefficient (Wildman–Crippen LogP) is 3.24. The molecule has 5 unspecified atom stereocenters. The van der Waals surface area contributed by atoms with Crippen LogP contribution in [0.15, 0.2) is 0 Å². The Morgan fingerprint density at radius 1 is 1.06 bits per heavy atom. The Morgan fingerprint density at radius 2 is 1.72 bits per heavy atom. The summed E-state index contributed by atoms with van der Waals surface area (Å²) >= 11 is 0. The lowest BCUT2D eigenvalue weighted by molar-refractivity contribution is 0.0471. The Kier molecular flexibility index (Phi) is 7.20. The quantitative estimate of drug-likeness (QED) is 0.398. The van der Waals surface area contributed by atoms with Crippen molar-refractivity contribution in [1.29, 1.82) is 0 Å². The Hall–Kier alpha value is -0.120. The van der Waals surface area contributed by atoms with Crippen molar-refractivity contribution >= 4 is 0 Å². The number of rotatable bonds is 8. The SMILES string of the molecule is CCCCCCCC(NN)C1C(C)OC(C)C1C. The summed E-state index contributed by atoms with van der Waals surface area (Å²) in [5, 5.41) is 0. The van der Waals surface area contributed by atoms with E-state index in [4.69, 9.17) is 10.6 Å². The number of unbranched alkanes of at least 4 members (excludes halogenated alkanes) is 4. The van der Waals surface area contributed by atoms with Gasteiger partial charge in [0.2, 0.25) is 0 Å². The van der Waals surface area contributed by atoms with Crippen molar-refractivity contribution in [3.8, 4) is 0 Å². The van der Waals surface area contributed by atoms with Crippen molar-refractivity contribution in [3.05, 3.63) is 0 Å². The zero-order valence-electron chi connectivity index (χ0n) is 12.6. The molecule has 0 saturated carbocycles. The maximum atomic E-state index is 5.92. The monoisotopic (exact) mass is 256 g/mol. The van der Waals surface area contributed by atoms with Crippen LogP contribution in [0.3, 0.4) is 0 Å². The summed E-state index contributed by atoms with van der Waals surface area (Å²) < 4.78 is 5.92. The fourth-order valence-corrected chi connectivity index (χ4v) is 3.34. The molecule has 0 radical (unpaired) electrons. The van der Waals surface area contributed by atoms with Crippen molar-refractivity contribution in [1.82, 2.24) is 5.43 Å². The molecule has 0 bridgehead atoms. The van der Waals surface area contributed by atoms with Crippen LogP contribution in [0, 0.1) is 11.8 Å². The van der Waals surface area contributed by atoms with Gasteiger partial charge >= 0.3 is 0 Å². The smallest absolute Gasteiger partial charge is 0.0597 e. The molecule has 0 spiro atoms. The van der Waals surface area contributed by atoms with Crippen LogP contribution in [-0.2, 0) is 4.74 Å². The van der Waals surface area contributed by atoms with Crippen molar-refractivity contribution in [3.63, 3.8) is 0 Å². The summed E-state index contributed by atoms with van der Waals surface area (Å²) in [6.07, 6.45) is 8.49. The van der Waals surface area contributed by atoms with Gasteiger partial charge in [-0.1, -0.05) is 46.0 Å². The Labute approximate surface area is 113 Å². The molecule has 0 aromatic carbocycles. The number of ether oxygens (including phenoxy) is 1. The average molecular weight is 256 g/mol. The third-order valence-electron chi connectivity index (χ3n) is 4.62. The van der Waals surface area contributed by atoms with Crippen molar-refractivity contribution in [2.75, 3.05) is 0 Å². The summed E-state index contributed by atoms with van der Waals surface area (Å²) in [5.41, 5.74) is 3.04. The topological polar surface area (TPSA) is 47.3 Å². The minimum Gasteiger partial charge on any atom is -0.375 e. The molecule has 1 saturated heterocycles. The van der Waals surface area contributed by atoms with E-state index in [0.29, 0.717) is 30.1 Å². The van der Waals surface area contributed by atoms with Gasteiger partial charge in [0.25, 0.3) is 0 Å². The van der Waals surface area contributed by atoms with Gasteiger partial charge < -0.3 is 4.74 Å². The van der Waals surface area contributed by atoms with Gasteiger partial charge in [0.1, 0.15) is 0 Å². The molecule has 3 heteroatoms. The zero-order chi connectivity index (χ0) is 13.5. The number of nitrogens with one attached hydrogen (secondary N) is 1. The van der Waals surface area contributed by atoms with E-state index in [0.717, 1.165) is 0 Å². The van der Waals surface area contributed by atoms with Crippen LogP contribution in [-0.4, -0.2) is 18.2 Å². The molecule has 0 aliphatic carbocycles. The van der Waals surface area contributed by atoms with Gasteiger partial charge in [0.15, 0.2) is 0 Å². The minimum atomic E-state index is 0.326. The molecule has 18 heavy (non-hydrogen) atoms. The average Bonchev–Trinajstić information content (AvgIpc) is 2.59. The maximum absolute atomic E-state index is 5.92. The second-order valence-corrected chi connectivity index (χ2v) is 5.96. The van der Waals surface area contributed by atoms with Gasteiger partial charge in [0, 0.05) is 12.0 Å². The molecule has 5 atom stereocenters. The number of hydrogen-bond donors (Lipinski definition) is 2. The van der Waals surface area contributed by atoms with E-state index in [1.165, 1.54) is 38.5 Å². The van der Waals surface area contributed by atoms with Gasteiger partial charge in [-0.05, 0) is 26.2 Å². The largest absolute Gasteiger partial charge is 0.375 e. The molecule has 1 fully saturated rings. The van der Waals surface area contributed by atoms with E-state index < -0.39 is 0 Å². The van der Waals surface area contributed by atoms with Crippen LogP contribution in [0.1, 0.15) is 66.2 Å². The molecule has 108 valence electrons. The fraction of sp³-hybridized carbons (Fsp3) is 1.00. The number of hydrogen-bond acceptors (Lipinski definition) is 3. The minimum absolute atomic E-state index is 0.326. The first-order valence-electron chi connectivity index (χ1n) is 7.73. The van der Waals surface area contributed by atoms with Gasteiger partial charge in [-0.3, -0.25) is 11.3 Å². The van der Waals surface area contributed by atoms with E-state index in [1.54, 1.807) is 0 Å². The maximum Gasteiger partial charge on any atom is 0.0597 e. The first kappa shape index (κ1) is 15.9. The third kappa shape index (κ3) is 4.22. The number of nitrogens with two attached hydrogens (primary N) is 1. The molecule has 3 N–H and O–H groups in total. The van der Waals surface area contributed by atoms with E-state index >= 15 is 0 Å². The molecule has 0 aromatic rings. The van der Waals surface area contributed by atoms with Crippen LogP contribution in [0.5, 0.6) is 0 Å². The second kappa shape index (κ2) is 8.13. The molecule has 1 aliphatic rings. The summed E-state index contributed by atoms with van der Waals surface area (Å²) in [7, 11) is 0. The van der Waals surface area contributed by atoms with E-state index in [-0.39, 0.29) is 0 Å². The van der Waals surface area contributed by atoms with Crippen LogP contribution in [0.2, 0.25) is 0 Å². The highest BCUT2D eigenvalue weighted by Crippen LogP contribution is 2.35. The standard InChI is InChI=1S/C15H32N2O/c1-5-6-7-8-9-10-14(17-16)15-11(2)12(3)18-13(15)4/h11-15,17H,5-10,16H2,1-4H3. The molecular formula is C15H32N2O. The van der Waals surface area contributed by atoms with Gasteiger partial charge in [0.05, 0.1) is 12.2 Å². The molecule has 0 amide bonds. The van der Waals surface area contributed by atoms with Crippen molar-refractivity contribution in [2.45, 2.75) is 84.5 Å². The van der Waals surface area contributed by atoms with E-state index in [9.17, 15) is 0 Å². The summed E-state index contributed by atoms with van der Waals surface area (Å²) in [6.45, 7) is 8.91. The molecular weight excluding hydrogens is 224 g/mol. The molecule has 1 aliphatic heterocycles. The summed E-state index contributed by atoms with van der Waals surface area (Å²) in [5.74, 6) is 6.90. The highest BCUT2D eigenvalue weighted by molar-refractivity contribution is 4.90. The first-order chi connectivity index (χ1) is 8.61. The summed E-state index contributed by atoms with van der Waals surface area (Å²) in [6, 6.07) is 0.404. The lowest BCUT2D eigenvalue weighted by Crippen LogP contribution is -2.45. The van der Waals surface area contributed by atoms with Gasteiger partial charge in [-0.25, -0.2) is 0 Å². The van der Waals surface area contributed by atoms with E-state index in [1.807, 2.05) is 0 Å². The zero-order valence-corrected chi connectivity index (χ0v) is 12.6. The van der Waals surface area contributed by atoms with Crippen molar-refractivity contribution in [2.24, 2.45) is 17.7 Å². The first-order valence-corrected chi connectivity index (χ1v) is 7.73. The molecule has 0 aromatic heterocycles. The highest BCUT2D eigenvalue weighted by Gasteiger charge is 2.40. The summed E-state index contributed by atoms with van der Waals surface area (Å²) in [4.78, 5) is 0. The van der Waals surface area contributed by atoms with Crippen LogP contribution in [0.4, 0.5) is 0 Å². The molecule has 1 rings (SSSR count). The van der Waals surface area contributed by atoms with Crippen molar-refractivity contribution < 1.29 is 4.74 Å². The fourth-order valence-electron chi connectivity index (χ4n) is 3.34. The van der Waals surface area contributed by atoms with Gasteiger partial charge in [-0.2, -0.15) is 0 Å². The van der Waals surface area contributed by atoms with Gasteiger partial charge in [-0.15, -0.1) is 0 Å². The van der Waals surface area contributed by atoms with E-state index in [2.05, 4.69) is 33.1 Å². The van der Waals surface area contributed by atoms with Crippen LogP contribution < -0.4 is 11.3 Å². The Morgan fingerprint density at radius 3 is 2.22 bits per heavy atom. The lowest BCUT2D eigenvalue weighted by atomic mass is 9.81. The van der Waals surface area contributed by atoms with Crippen LogP contribution in [0.25, 0.3) is 0 Å². The Balaban J connectivity index is 2.36. The molecule has 1 heterocycles. The lowest BCUT2D eigenvalue weighted by Gasteiger charge is -2.28.